The van der Waals surface area contributed by atoms with Crippen molar-refractivity contribution in [3.05, 3.63) is 29.8 Å². The molecule has 0 atom stereocenters. The molecule has 2 rings (SSSR count). The number of nitrogens with zero attached hydrogens (tertiary/aromatic N) is 1. The Bertz CT molecular complexity index is 504. The van der Waals surface area contributed by atoms with Gasteiger partial charge in [-0.2, -0.15) is 0 Å². The van der Waals surface area contributed by atoms with E-state index >= 15 is 0 Å². The first-order valence-corrected chi connectivity index (χ1v) is 8.53. The number of imide groups is 1. The second-order valence-electron chi connectivity index (χ2n) is 5.07. The van der Waals surface area contributed by atoms with E-state index in [0.29, 0.717) is 19.6 Å². The van der Waals surface area contributed by atoms with Crippen LogP contribution < -0.4 is 0 Å². The molecule has 1 saturated heterocycles. The number of carbonyl (C=O) groups excluding carboxylic acids is 2. The second kappa shape index (κ2) is 8.08. The number of hydrogen-bond acceptors (Lipinski definition) is 4. The summed E-state index contributed by atoms with van der Waals surface area (Å²) < 4.78 is 4.76. The van der Waals surface area contributed by atoms with Gasteiger partial charge in [-0.25, -0.2) is 9.69 Å². The van der Waals surface area contributed by atoms with E-state index in [1.165, 1.54) is 15.4 Å². The van der Waals surface area contributed by atoms with Crippen molar-refractivity contribution in [1.82, 2.24) is 4.90 Å². The van der Waals surface area contributed by atoms with Crippen LogP contribution in [0.3, 0.4) is 0 Å². The van der Waals surface area contributed by atoms with Crippen LogP contribution in [-0.2, 0) is 16.0 Å². The zero-order chi connectivity index (χ0) is 15.1. The molecular weight excluding hydrogens is 286 g/mol. The molecule has 0 radical (unpaired) electrons. The number of benzene rings is 1. The minimum atomic E-state index is -0.492. The molecule has 21 heavy (non-hydrogen) atoms. The van der Waals surface area contributed by atoms with Gasteiger partial charge in [-0.05, 0) is 43.2 Å². The Morgan fingerprint density at radius 1 is 1.33 bits per heavy atom. The molecular formula is C16H21NO3S. The molecule has 0 bridgehead atoms. The Hall–Kier alpha value is -1.49. The minimum Gasteiger partial charge on any atom is -0.447 e. The summed E-state index contributed by atoms with van der Waals surface area (Å²) >= 11 is 1.75. The molecule has 0 N–H and O–H groups in total. The first kappa shape index (κ1) is 15.9. The van der Waals surface area contributed by atoms with Crippen LogP contribution in [0.5, 0.6) is 0 Å². The average Bonchev–Trinajstić information content (AvgIpc) is 2.93. The molecule has 1 aliphatic rings. The van der Waals surface area contributed by atoms with Gasteiger partial charge in [0, 0.05) is 11.3 Å². The van der Waals surface area contributed by atoms with Crippen molar-refractivity contribution in [2.45, 2.75) is 37.0 Å². The topological polar surface area (TPSA) is 46.6 Å². The summed E-state index contributed by atoms with van der Waals surface area (Å²) in [6.45, 7) is 0.732. The normalized spacial score (nSPS) is 14.3. The fourth-order valence-corrected chi connectivity index (χ4v) is 2.85. The Morgan fingerprint density at radius 2 is 2.19 bits per heavy atom. The lowest BCUT2D eigenvalue weighted by atomic mass is 10.1. The minimum absolute atomic E-state index is 0.109. The van der Waals surface area contributed by atoms with Crippen LogP contribution in [0.1, 0.15) is 31.2 Å². The second-order valence-corrected chi connectivity index (χ2v) is 5.95. The molecule has 114 valence electrons. The number of unbranched alkanes of at least 4 members (excludes halogenated alkanes) is 2. The third-order valence-electron chi connectivity index (χ3n) is 3.55. The number of cyclic esters (lactones) is 1. The van der Waals surface area contributed by atoms with Gasteiger partial charge in [-0.3, -0.25) is 4.79 Å². The lowest BCUT2D eigenvalue weighted by Gasteiger charge is -2.10. The number of aryl methyl sites for hydroxylation is 1. The van der Waals surface area contributed by atoms with Crippen molar-refractivity contribution in [2.24, 2.45) is 0 Å². The summed E-state index contributed by atoms with van der Waals surface area (Å²) in [5, 5.41) is 0. The van der Waals surface area contributed by atoms with Crippen molar-refractivity contribution in [1.29, 1.82) is 0 Å². The average molecular weight is 307 g/mol. The van der Waals surface area contributed by atoms with Crippen molar-refractivity contribution in [3.63, 3.8) is 0 Å². The van der Waals surface area contributed by atoms with E-state index in [0.717, 1.165) is 25.7 Å². The zero-order valence-electron chi connectivity index (χ0n) is 12.3. The summed E-state index contributed by atoms with van der Waals surface area (Å²) in [7, 11) is 0. The van der Waals surface area contributed by atoms with Crippen LogP contribution in [0.4, 0.5) is 4.79 Å². The van der Waals surface area contributed by atoms with E-state index in [-0.39, 0.29) is 5.91 Å². The summed E-state index contributed by atoms with van der Waals surface area (Å²) in [6.07, 6.45) is 5.94. The van der Waals surface area contributed by atoms with Crippen LogP contribution in [0, 0.1) is 0 Å². The van der Waals surface area contributed by atoms with Gasteiger partial charge >= 0.3 is 6.09 Å². The van der Waals surface area contributed by atoms with Crippen LogP contribution in [0.25, 0.3) is 0 Å². The molecule has 2 amide bonds. The lowest BCUT2D eigenvalue weighted by Crippen LogP contribution is -2.31. The summed E-state index contributed by atoms with van der Waals surface area (Å²) in [5.41, 5.74) is 1.34. The fourth-order valence-electron chi connectivity index (χ4n) is 2.37. The highest BCUT2D eigenvalue weighted by Crippen LogP contribution is 2.17. The Morgan fingerprint density at radius 3 is 2.90 bits per heavy atom. The summed E-state index contributed by atoms with van der Waals surface area (Å²) in [6, 6.07) is 8.56. The van der Waals surface area contributed by atoms with E-state index in [1.54, 1.807) is 11.8 Å². The van der Waals surface area contributed by atoms with E-state index < -0.39 is 6.09 Å². The fraction of sp³-hybridized carbons (Fsp3) is 0.500. The maximum atomic E-state index is 11.8. The van der Waals surface area contributed by atoms with E-state index in [9.17, 15) is 9.59 Å². The van der Waals surface area contributed by atoms with Crippen LogP contribution in [-0.4, -0.2) is 36.3 Å². The van der Waals surface area contributed by atoms with Gasteiger partial charge in [0.15, 0.2) is 0 Å². The molecule has 0 saturated carbocycles. The number of hydrogen-bond donors (Lipinski definition) is 0. The highest BCUT2D eigenvalue weighted by molar-refractivity contribution is 7.98. The standard InChI is InChI=1S/C16H21NO3S/c1-21-14-8-5-7-13(12-14)6-3-2-4-9-15(18)17-10-11-20-16(17)19/h5,7-8,12H,2-4,6,9-11H2,1H3. The van der Waals surface area contributed by atoms with Gasteiger partial charge in [0.05, 0.1) is 6.54 Å². The van der Waals surface area contributed by atoms with Crippen molar-refractivity contribution < 1.29 is 14.3 Å². The third kappa shape index (κ3) is 4.77. The number of thioether (sulfide) groups is 1. The van der Waals surface area contributed by atoms with Gasteiger partial charge < -0.3 is 4.74 Å². The number of rotatable bonds is 7. The van der Waals surface area contributed by atoms with Crippen LogP contribution in [0.2, 0.25) is 0 Å². The molecule has 4 nitrogen and oxygen atoms in total. The Balaban J connectivity index is 1.63. The molecule has 1 aromatic carbocycles. The predicted octanol–water partition coefficient (Wildman–Crippen LogP) is 3.49. The largest absolute Gasteiger partial charge is 0.447 e. The Kier molecular flexibility index (Phi) is 6.11. The Labute approximate surface area is 129 Å². The first-order chi connectivity index (χ1) is 10.2. The third-order valence-corrected chi connectivity index (χ3v) is 4.28. The molecule has 1 aliphatic heterocycles. The van der Waals surface area contributed by atoms with Crippen molar-refractivity contribution in [2.75, 3.05) is 19.4 Å². The summed E-state index contributed by atoms with van der Waals surface area (Å²) in [5.74, 6) is -0.109. The molecule has 0 spiro atoms. The van der Waals surface area contributed by atoms with Crippen molar-refractivity contribution in [3.8, 4) is 0 Å². The van der Waals surface area contributed by atoms with E-state index in [1.807, 2.05) is 0 Å². The molecule has 0 aromatic heterocycles. The molecule has 1 aromatic rings. The maximum absolute atomic E-state index is 11.8. The number of amides is 2. The highest BCUT2D eigenvalue weighted by Gasteiger charge is 2.27. The molecule has 0 aliphatic carbocycles. The lowest BCUT2D eigenvalue weighted by molar-refractivity contribution is -0.127. The first-order valence-electron chi connectivity index (χ1n) is 7.31. The van der Waals surface area contributed by atoms with Gasteiger partial charge in [0.2, 0.25) is 5.91 Å². The van der Waals surface area contributed by atoms with Gasteiger partial charge in [-0.1, -0.05) is 18.6 Å². The van der Waals surface area contributed by atoms with E-state index in [2.05, 4.69) is 30.5 Å². The molecule has 1 heterocycles. The van der Waals surface area contributed by atoms with Gasteiger partial charge in [0.1, 0.15) is 6.61 Å². The molecule has 5 heteroatoms. The zero-order valence-corrected chi connectivity index (χ0v) is 13.2. The van der Waals surface area contributed by atoms with Crippen molar-refractivity contribution >= 4 is 23.8 Å². The molecule has 0 unspecified atom stereocenters. The maximum Gasteiger partial charge on any atom is 0.416 e. The van der Waals surface area contributed by atoms with Crippen LogP contribution in [0.15, 0.2) is 29.2 Å². The van der Waals surface area contributed by atoms with E-state index in [4.69, 9.17) is 4.74 Å². The van der Waals surface area contributed by atoms with Crippen LogP contribution >= 0.6 is 11.8 Å². The SMILES string of the molecule is CSc1cccc(CCCCCC(=O)N2CCOC2=O)c1. The van der Waals surface area contributed by atoms with Gasteiger partial charge in [0.25, 0.3) is 0 Å². The summed E-state index contributed by atoms with van der Waals surface area (Å²) in [4.78, 5) is 25.5. The highest BCUT2D eigenvalue weighted by atomic mass is 32.2. The molecule has 1 fully saturated rings. The number of ether oxygens (including phenoxy) is 1. The quantitative estimate of drug-likeness (QED) is 0.571. The smallest absolute Gasteiger partial charge is 0.416 e. The predicted molar refractivity (Wildman–Crippen MR) is 83.5 cm³/mol. The van der Waals surface area contributed by atoms with Gasteiger partial charge in [-0.15, -0.1) is 11.8 Å². The number of carbonyl (C=O) groups is 2. The monoisotopic (exact) mass is 307 g/mol.